The summed E-state index contributed by atoms with van der Waals surface area (Å²) in [6, 6.07) is 10.1. The van der Waals surface area contributed by atoms with Gasteiger partial charge in [-0.25, -0.2) is 8.42 Å². The Morgan fingerprint density at radius 3 is 2.60 bits per heavy atom. The molecule has 1 atom stereocenters. The summed E-state index contributed by atoms with van der Waals surface area (Å²) in [5.74, 6) is -0.429. The molecular weight excluding hydrogens is 362 g/mol. The van der Waals surface area contributed by atoms with Gasteiger partial charge in [0.15, 0.2) is 0 Å². The number of hydrogen-bond acceptors (Lipinski definition) is 6. The third-order valence-corrected chi connectivity index (χ3v) is 6.16. The number of nitrogens with one attached hydrogen (secondary N) is 2. The van der Waals surface area contributed by atoms with E-state index < -0.39 is 22.0 Å². The number of nitrogens with zero attached hydrogens (tertiary/aromatic N) is 1. The number of phenols is 1. The topological polar surface area (TPSA) is 119 Å². The maximum Gasteiger partial charge on any atom is 0.250 e. The third kappa shape index (κ3) is 5.56. The predicted octanol–water partition coefficient (Wildman–Crippen LogP) is 1.37. The van der Waals surface area contributed by atoms with Gasteiger partial charge in [-0.05, 0) is 35.6 Å². The van der Waals surface area contributed by atoms with Crippen LogP contribution < -0.4 is 10.0 Å². The van der Waals surface area contributed by atoms with Gasteiger partial charge in [0.1, 0.15) is 16.0 Å². The van der Waals surface area contributed by atoms with Crippen molar-refractivity contribution in [3.05, 3.63) is 47.3 Å². The quantitative estimate of drug-likeness (QED) is 0.599. The number of carbonyl (C=O) groups excluding carboxylic acids is 1. The van der Waals surface area contributed by atoms with E-state index in [-0.39, 0.29) is 29.3 Å². The average molecular weight is 379 g/mol. The van der Waals surface area contributed by atoms with E-state index in [0.29, 0.717) is 5.56 Å². The first-order chi connectivity index (χ1) is 11.9. The molecule has 1 aromatic heterocycles. The van der Waals surface area contributed by atoms with Crippen LogP contribution in [0, 0.1) is 11.3 Å². The van der Waals surface area contributed by atoms with Gasteiger partial charge in [-0.3, -0.25) is 4.79 Å². The van der Waals surface area contributed by atoms with Crippen LogP contribution in [-0.4, -0.2) is 32.0 Å². The lowest BCUT2D eigenvalue weighted by molar-refractivity contribution is -0.122. The fourth-order valence-corrected chi connectivity index (χ4v) is 4.29. The molecule has 0 saturated carbocycles. The SMILES string of the molecule is N#CCCNC(=O)C(Cc1ccc(O)cc1)NS(=O)(=O)c1cccs1. The molecule has 132 valence electrons. The summed E-state index contributed by atoms with van der Waals surface area (Å²) < 4.78 is 27.3. The minimum absolute atomic E-state index is 0.0814. The van der Waals surface area contributed by atoms with E-state index in [1.807, 2.05) is 6.07 Å². The Morgan fingerprint density at radius 1 is 1.28 bits per heavy atom. The minimum atomic E-state index is -3.83. The van der Waals surface area contributed by atoms with Gasteiger partial charge >= 0.3 is 0 Å². The molecule has 1 heterocycles. The summed E-state index contributed by atoms with van der Waals surface area (Å²) in [6.07, 6.45) is 0.249. The monoisotopic (exact) mass is 379 g/mol. The number of thiophene rings is 1. The van der Waals surface area contributed by atoms with E-state index in [1.54, 1.807) is 23.6 Å². The second-order valence-corrected chi connectivity index (χ2v) is 8.06. The summed E-state index contributed by atoms with van der Waals surface area (Å²) in [5, 5.41) is 22.1. The highest BCUT2D eigenvalue weighted by atomic mass is 32.2. The maximum atomic E-state index is 12.4. The molecule has 0 radical (unpaired) electrons. The zero-order chi connectivity index (χ0) is 18.3. The highest BCUT2D eigenvalue weighted by molar-refractivity contribution is 7.91. The molecule has 1 aromatic carbocycles. The van der Waals surface area contributed by atoms with Crippen LogP contribution in [0.2, 0.25) is 0 Å². The van der Waals surface area contributed by atoms with E-state index >= 15 is 0 Å². The molecule has 0 aliphatic rings. The van der Waals surface area contributed by atoms with Crippen LogP contribution in [0.3, 0.4) is 0 Å². The van der Waals surface area contributed by atoms with Gasteiger partial charge in [0.2, 0.25) is 5.91 Å². The molecule has 1 amide bonds. The van der Waals surface area contributed by atoms with E-state index in [9.17, 15) is 18.3 Å². The van der Waals surface area contributed by atoms with Crippen LogP contribution in [0.1, 0.15) is 12.0 Å². The van der Waals surface area contributed by atoms with Crippen molar-refractivity contribution in [2.75, 3.05) is 6.54 Å². The van der Waals surface area contributed by atoms with Crippen molar-refractivity contribution in [3.8, 4) is 11.8 Å². The number of benzene rings is 1. The lowest BCUT2D eigenvalue weighted by Gasteiger charge is -2.18. The Morgan fingerprint density at radius 2 is 2.00 bits per heavy atom. The van der Waals surface area contributed by atoms with Crippen molar-refractivity contribution in [2.24, 2.45) is 0 Å². The predicted molar refractivity (Wildman–Crippen MR) is 93.5 cm³/mol. The molecule has 7 nitrogen and oxygen atoms in total. The Hall–Kier alpha value is -2.41. The number of aromatic hydroxyl groups is 1. The van der Waals surface area contributed by atoms with Gasteiger partial charge < -0.3 is 10.4 Å². The third-order valence-electron chi connectivity index (χ3n) is 3.29. The number of sulfonamides is 1. The van der Waals surface area contributed by atoms with Crippen LogP contribution in [0.15, 0.2) is 46.0 Å². The van der Waals surface area contributed by atoms with E-state index in [0.717, 1.165) is 11.3 Å². The number of carbonyl (C=O) groups is 1. The standard InChI is InChI=1S/C16H17N3O4S2/c17-8-2-9-18-16(21)14(11-12-4-6-13(20)7-5-12)19-25(22,23)15-3-1-10-24-15/h1,3-7,10,14,19-20H,2,9,11H2,(H,18,21). The van der Waals surface area contributed by atoms with Crippen molar-refractivity contribution in [2.45, 2.75) is 23.1 Å². The lowest BCUT2D eigenvalue weighted by Crippen LogP contribution is -2.48. The number of hydrogen-bond donors (Lipinski definition) is 3. The van der Waals surface area contributed by atoms with Gasteiger partial charge in [0.05, 0.1) is 12.5 Å². The maximum absolute atomic E-state index is 12.4. The Labute approximate surface area is 150 Å². The molecule has 0 spiro atoms. The molecule has 0 saturated heterocycles. The average Bonchev–Trinajstić information content (AvgIpc) is 3.12. The first kappa shape index (κ1) is 18.9. The fourth-order valence-electron chi connectivity index (χ4n) is 2.08. The van der Waals surface area contributed by atoms with Crippen LogP contribution in [-0.2, 0) is 21.2 Å². The van der Waals surface area contributed by atoms with Crippen LogP contribution in [0.25, 0.3) is 0 Å². The Bertz CT molecular complexity index is 841. The molecule has 0 aliphatic carbocycles. The van der Waals surface area contributed by atoms with Crippen LogP contribution in [0.4, 0.5) is 0 Å². The second kappa shape index (κ2) is 8.62. The second-order valence-electron chi connectivity index (χ2n) is 5.18. The van der Waals surface area contributed by atoms with E-state index in [1.165, 1.54) is 18.2 Å². The molecule has 2 aromatic rings. The number of rotatable bonds is 8. The van der Waals surface area contributed by atoms with Gasteiger partial charge in [0, 0.05) is 6.54 Å². The minimum Gasteiger partial charge on any atom is -0.508 e. The van der Waals surface area contributed by atoms with Gasteiger partial charge in [-0.1, -0.05) is 18.2 Å². The Kier molecular flexibility index (Phi) is 6.52. The summed E-state index contributed by atoms with van der Waals surface area (Å²) in [5.41, 5.74) is 0.687. The van der Waals surface area contributed by atoms with Crippen molar-refractivity contribution in [3.63, 3.8) is 0 Å². The van der Waals surface area contributed by atoms with Gasteiger partial charge in [0.25, 0.3) is 10.0 Å². The molecule has 3 N–H and O–H groups in total. The van der Waals surface area contributed by atoms with Gasteiger partial charge in [-0.2, -0.15) is 9.98 Å². The van der Waals surface area contributed by atoms with Crippen molar-refractivity contribution in [1.82, 2.24) is 10.0 Å². The zero-order valence-corrected chi connectivity index (χ0v) is 14.8. The summed E-state index contributed by atoms with van der Waals surface area (Å²) >= 11 is 1.06. The first-order valence-corrected chi connectivity index (χ1v) is 9.77. The summed E-state index contributed by atoms with van der Waals surface area (Å²) in [6.45, 7) is 0.141. The van der Waals surface area contributed by atoms with E-state index in [2.05, 4.69) is 10.0 Å². The highest BCUT2D eigenvalue weighted by Gasteiger charge is 2.26. The van der Waals surface area contributed by atoms with Gasteiger partial charge in [-0.15, -0.1) is 11.3 Å². The summed E-state index contributed by atoms with van der Waals surface area (Å²) in [7, 11) is -3.83. The van der Waals surface area contributed by atoms with Crippen molar-refractivity contribution < 1.29 is 18.3 Å². The van der Waals surface area contributed by atoms with Crippen molar-refractivity contribution >= 4 is 27.3 Å². The van der Waals surface area contributed by atoms with Crippen LogP contribution in [0.5, 0.6) is 5.75 Å². The molecule has 9 heteroatoms. The fraction of sp³-hybridized carbons (Fsp3) is 0.250. The van der Waals surface area contributed by atoms with Crippen LogP contribution >= 0.6 is 11.3 Å². The largest absolute Gasteiger partial charge is 0.508 e. The molecule has 0 bridgehead atoms. The molecule has 25 heavy (non-hydrogen) atoms. The van der Waals surface area contributed by atoms with E-state index in [4.69, 9.17) is 5.26 Å². The zero-order valence-electron chi connectivity index (χ0n) is 13.2. The first-order valence-electron chi connectivity index (χ1n) is 7.41. The summed E-state index contributed by atoms with van der Waals surface area (Å²) in [4.78, 5) is 12.3. The molecule has 1 unspecified atom stereocenters. The Balaban J connectivity index is 2.17. The number of phenolic OH excluding ortho intramolecular Hbond substituents is 1. The molecule has 0 aliphatic heterocycles. The normalized spacial score (nSPS) is 12.3. The van der Waals surface area contributed by atoms with Crippen molar-refractivity contribution in [1.29, 1.82) is 5.26 Å². The molecule has 2 rings (SSSR count). The smallest absolute Gasteiger partial charge is 0.250 e. The number of nitriles is 1. The molecular formula is C16H17N3O4S2. The number of amides is 1. The highest BCUT2D eigenvalue weighted by Crippen LogP contribution is 2.17. The lowest BCUT2D eigenvalue weighted by atomic mass is 10.1. The molecule has 0 fully saturated rings.